The van der Waals surface area contributed by atoms with Gasteiger partial charge in [-0.2, -0.15) is 0 Å². The van der Waals surface area contributed by atoms with Crippen LogP contribution in [0.3, 0.4) is 0 Å². The summed E-state index contributed by atoms with van der Waals surface area (Å²) >= 11 is 0. The van der Waals surface area contributed by atoms with Gasteiger partial charge in [0.25, 0.3) is 5.91 Å². The maximum Gasteiger partial charge on any atom is 0.257 e. The molecular weight excluding hydrogens is 357 g/mol. The van der Waals surface area contributed by atoms with Crippen LogP contribution in [0.2, 0.25) is 0 Å². The van der Waals surface area contributed by atoms with E-state index in [1.54, 1.807) is 23.1 Å². The molecule has 0 radical (unpaired) electrons. The Morgan fingerprint density at radius 2 is 1.86 bits per heavy atom. The monoisotopic (exact) mass is 383 g/mol. The highest BCUT2D eigenvalue weighted by atomic mass is 19.1. The van der Waals surface area contributed by atoms with E-state index in [4.69, 9.17) is 4.98 Å². The van der Waals surface area contributed by atoms with E-state index in [-0.39, 0.29) is 11.5 Å². The van der Waals surface area contributed by atoms with Crippen LogP contribution >= 0.6 is 0 Å². The number of carbonyl (C=O) groups is 1. The zero-order valence-corrected chi connectivity index (χ0v) is 16.5. The number of hydrogen-bond acceptors (Lipinski definition) is 5. The molecular formula is C21H26FN5O. The summed E-state index contributed by atoms with van der Waals surface area (Å²) < 4.78 is 14.1. The quantitative estimate of drug-likeness (QED) is 0.814. The lowest BCUT2D eigenvalue weighted by molar-refractivity contribution is 0.0728. The minimum Gasteiger partial charge on any atom is -0.354 e. The van der Waals surface area contributed by atoms with Crippen molar-refractivity contribution in [1.82, 2.24) is 19.8 Å². The number of benzene rings is 1. The van der Waals surface area contributed by atoms with Crippen LogP contribution in [0.1, 0.15) is 34.4 Å². The largest absolute Gasteiger partial charge is 0.354 e. The molecule has 4 rings (SSSR count). The minimum atomic E-state index is -0.477. The van der Waals surface area contributed by atoms with Crippen LogP contribution in [0.15, 0.2) is 24.3 Å². The van der Waals surface area contributed by atoms with E-state index in [1.807, 2.05) is 6.92 Å². The van der Waals surface area contributed by atoms with Gasteiger partial charge in [-0.3, -0.25) is 4.79 Å². The number of halogens is 1. The topological polar surface area (TPSA) is 52.6 Å². The van der Waals surface area contributed by atoms with Crippen molar-refractivity contribution in [3.05, 3.63) is 52.7 Å². The predicted molar refractivity (Wildman–Crippen MR) is 106 cm³/mol. The van der Waals surface area contributed by atoms with Crippen molar-refractivity contribution in [3.8, 4) is 0 Å². The number of aromatic nitrogens is 2. The zero-order valence-electron chi connectivity index (χ0n) is 16.5. The Morgan fingerprint density at radius 3 is 2.57 bits per heavy atom. The Labute approximate surface area is 165 Å². The zero-order chi connectivity index (χ0) is 19.7. The summed E-state index contributed by atoms with van der Waals surface area (Å²) in [6.45, 7) is 9.96. The first-order valence-electron chi connectivity index (χ1n) is 9.94. The van der Waals surface area contributed by atoms with Gasteiger partial charge in [0.2, 0.25) is 0 Å². The highest BCUT2D eigenvalue weighted by molar-refractivity contribution is 5.94. The third-order valence-corrected chi connectivity index (χ3v) is 5.66. The minimum absolute atomic E-state index is 0.122. The van der Waals surface area contributed by atoms with Crippen molar-refractivity contribution in [2.24, 2.45) is 0 Å². The number of anilines is 1. The van der Waals surface area contributed by atoms with E-state index in [2.05, 4.69) is 21.7 Å². The highest BCUT2D eigenvalue weighted by Crippen LogP contribution is 2.28. The summed E-state index contributed by atoms with van der Waals surface area (Å²) in [5.41, 5.74) is 2.14. The van der Waals surface area contributed by atoms with Gasteiger partial charge < -0.3 is 14.7 Å². The number of likely N-dealkylation sites (N-methyl/N-ethyl adjacent to an activating group) is 1. The van der Waals surface area contributed by atoms with Gasteiger partial charge >= 0.3 is 0 Å². The predicted octanol–water partition coefficient (Wildman–Crippen LogP) is 2.26. The lowest BCUT2D eigenvalue weighted by atomic mass is 10.0. The van der Waals surface area contributed by atoms with Crippen molar-refractivity contribution < 1.29 is 9.18 Å². The molecule has 148 valence electrons. The lowest BCUT2D eigenvalue weighted by Crippen LogP contribution is -2.47. The van der Waals surface area contributed by atoms with Crippen molar-refractivity contribution in [2.75, 3.05) is 44.2 Å². The Hall–Kier alpha value is -2.54. The smallest absolute Gasteiger partial charge is 0.257 e. The van der Waals surface area contributed by atoms with E-state index in [1.165, 1.54) is 6.07 Å². The Balaban J connectivity index is 1.61. The maximum absolute atomic E-state index is 14.1. The third-order valence-electron chi connectivity index (χ3n) is 5.66. The van der Waals surface area contributed by atoms with Crippen LogP contribution in [0.4, 0.5) is 10.2 Å². The molecule has 2 aliphatic heterocycles. The standard InChI is InChI=1S/C21H26FN5O/c1-3-25-10-12-26(13-11-25)20-17-14-27(9-8-19(17)23-15(2)24-20)21(28)16-6-4-5-7-18(16)22/h4-7H,3,8-14H2,1-2H3. The molecule has 0 spiro atoms. The average molecular weight is 383 g/mol. The summed E-state index contributed by atoms with van der Waals surface area (Å²) in [6, 6.07) is 6.17. The summed E-state index contributed by atoms with van der Waals surface area (Å²) in [6.07, 6.45) is 0.667. The number of carbonyl (C=O) groups excluding carboxylic acids is 1. The third kappa shape index (κ3) is 3.58. The molecule has 0 atom stereocenters. The Morgan fingerprint density at radius 1 is 1.11 bits per heavy atom. The maximum atomic E-state index is 14.1. The molecule has 2 aliphatic rings. The molecule has 6 nitrogen and oxygen atoms in total. The van der Waals surface area contributed by atoms with E-state index in [9.17, 15) is 9.18 Å². The SMILES string of the molecule is CCN1CCN(c2nc(C)nc3c2CN(C(=O)c2ccccc2F)CC3)CC1. The van der Waals surface area contributed by atoms with E-state index < -0.39 is 5.82 Å². The van der Waals surface area contributed by atoms with E-state index in [0.29, 0.717) is 19.5 Å². The van der Waals surface area contributed by atoms with Gasteiger partial charge in [-0.25, -0.2) is 14.4 Å². The molecule has 0 saturated carbocycles. The summed E-state index contributed by atoms with van der Waals surface area (Å²) in [5, 5.41) is 0. The van der Waals surface area contributed by atoms with Crippen LogP contribution < -0.4 is 4.90 Å². The highest BCUT2D eigenvalue weighted by Gasteiger charge is 2.29. The molecule has 1 aromatic heterocycles. The first-order valence-corrected chi connectivity index (χ1v) is 9.94. The number of aryl methyl sites for hydroxylation is 1. The van der Waals surface area contributed by atoms with Crippen molar-refractivity contribution in [3.63, 3.8) is 0 Å². The summed E-state index contributed by atoms with van der Waals surface area (Å²) in [4.78, 5) is 28.7. The van der Waals surface area contributed by atoms with Crippen molar-refractivity contribution >= 4 is 11.7 Å². The number of piperazine rings is 1. The first-order chi connectivity index (χ1) is 13.6. The normalized spacial score (nSPS) is 17.5. The molecule has 1 amide bonds. The molecule has 1 aromatic carbocycles. The van der Waals surface area contributed by atoms with Crippen molar-refractivity contribution in [2.45, 2.75) is 26.8 Å². The average Bonchev–Trinajstić information content (AvgIpc) is 2.73. The molecule has 28 heavy (non-hydrogen) atoms. The number of rotatable bonds is 3. The Kier molecular flexibility index (Phi) is 5.26. The van der Waals surface area contributed by atoms with Crippen LogP contribution in [0.25, 0.3) is 0 Å². The summed E-state index contributed by atoms with van der Waals surface area (Å²) in [7, 11) is 0. The molecule has 0 aliphatic carbocycles. The second-order valence-electron chi connectivity index (χ2n) is 7.40. The van der Waals surface area contributed by atoms with Gasteiger partial charge in [-0.05, 0) is 25.6 Å². The lowest BCUT2D eigenvalue weighted by Gasteiger charge is -2.37. The van der Waals surface area contributed by atoms with Gasteiger partial charge in [0.15, 0.2) is 0 Å². The van der Waals surface area contributed by atoms with Crippen LogP contribution in [-0.2, 0) is 13.0 Å². The molecule has 1 saturated heterocycles. The molecule has 3 heterocycles. The van der Waals surface area contributed by atoms with Crippen LogP contribution in [0.5, 0.6) is 0 Å². The molecule has 0 bridgehead atoms. The molecule has 0 N–H and O–H groups in total. The van der Waals surface area contributed by atoms with Gasteiger partial charge in [-0.15, -0.1) is 0 Å². The fraction of sp³-hybridized carbons (Fsp3) is 0.476. The number of amides is 1. The van der Waals surface area contributed by atoms with Crippen LogP contribution in [-0.4, -0.2) is 64.9 Å². The van der Waals surface area contributed by atoms with Gasteiger partial charge in [-0.1, -0.05) is 19.1 Å². The molecule has 1 fully saturated rings. The summed E-state index contributed by atoms with van der Waals surface area (Å²) in [5.74, 6) is 0.949. The fourth-order valence-corrected chi connectivity index (χ4v) is 4.03. The van der Waals surface area contributed by atoms with Crippen molar-refractivity contribution in [1.29, 1.82) is 0 Å². The number of nitrogens with zero attached hydrogens (tertiary/aromatic N) is 5. The van der Waals surface area contributed by atoms with Gasteiger partial charge in [0, 0.05) is 44.7 Å². The van der Waals surface area contributed by atoms with Crippen LogP contribution in [0, 0.1) is 12.7 Å². The number of fused-ring (bicyclic) bond motifs is 1. The van der Waals surface area contributed by atoms with Gasteiger partial charge in [0.05, 0.1) is 17.8 Å². The molecule has 0 unspecified atom stereocenters. The van der Waals surface area contributed by atoms with Gasteiger partial charge in [0.1, 0.15) is 17.5 Å². The van der Waals surface area contributed by atoms with E-state index >= 15 is 0 Å². The first kappa shape index (κ1) is 18.8. The molecule has 2 aromatic rings. The molecule has 7 heteroatoms. The Bertz CT molecular complexity index is 879. The second-order valence-corrected chi connectivity index (χ2v) is 7.40. The number of hydrogen-bond donors (Lipinski definition) is 0. The second kappa shape index (κ2) is 7.83. The van der Waals surface area contributed by atoms with E-state index in [0.717, 1.165) is 55.6 Å². The fourth-order valence-electron chi connectivity index (χ4n) is 4.03.